The van der Waals surface area contributed by atoms with E-state index in [1.165, 1.54) is 0 Å². The number of rotatable bonds is 4. The van der Waals surface area contributed by atoms with Crippen LogP contribution in [0.25, 0.3) is 0 Å². The molecule has 0 saturated carbocycles. The predicted molar refractivity (Wildman–Crippen MR) is 81.3 cm³/mol. The minimum Gasteiger partial charge on any atom is -0.478 e. The molecule has 1 atom stereocenters. The van der Waals surface area contributed by atoms with Crippen LogP contribution < -0.4 is 11.1 Å². The van der Waals surface area contributed by atoms with Crippen LogP contribution in [0.5, 0.6) is 0 Å². The van der Waals surface area contributed by atoms with Gasteiger partial charge in [0.25, 0.3) is 0 Å². The Bertz CT molecular complexity index is 691. The van der Waals surface area contributed by atoms with Crippen molar-refractivity contribution in [2.75, 3.05) is 11.1 Å². The van der Waals surface area contributed by atoms with E-state index in [4.69, 9.17) is 22.4 Å². The first-order valence-corrected chi connectivity index (χ1v) is 6.60. The van der Waals surface area contributed by atoms with Crippen molar-refractivity contribution < 1.29 is 14.3 Å². The van der Waals surface area contributed by atoms with Gasteiger partial charge in [-0.05, 0) is 36.8 Å². The molecule has 0 amide bonds. The SMILES string of the molecule is CC(Nc1cc(F)c(C(=O)O)cc1N)c1cccc(Cl)c1. The van der Waals surface area contributed by atoms with Crippen LogP contribution >= 0.6 is 11.6 Å². The van der Waals surface area contributed by atoms with Gasteiger partial charge in [0, 0.05) is 11.1 Å². The number of hydrogen-bond acceptors (Lipinski definition) is 3. The Labute approximate surface area is 126 Å². The molecule has 4 nitrogen and oxygen atoms in total. The van der Waals surface area contributed by atoms with Crippen molar-refractivity contribution in [3.63, 3.8) is 0 Å². The first kappa shape index (κ1) is 15.1. The standard InChI is InChI=1S/C15H14ClFN2O2/c1-8(9-3-2-4-10(16)5-9)19-14-7-12(17)11(15(20)21)6-13(14)18/h2-8,19H,18H2,1H3,(H,20,21). The minimum atomic E-state index is -1.35. The molecule has 0 aliphatic heterocycles. The summed E-state index contributed by atoms with van der Waals surface area (Å²) in [5, 5.41) is 12.5. The fraction of sp³-hybridized carbons (Fsp3) is 0.133. The lowest BCUT2D eigenvalue weighted by molar-refractivity contribution is 0.0692. The monoisotopic (exact) mass is 308 g/mol. The zero-order valence-corrected chi connectivity index (χ0v) is 12.0. The van der Waals surface area contributed by atoms with Crippen LogP contribution in [0.15, 0.2) is 36.4 Å². The quantitative estimate of drug-likeness (QED) is 0.748. The highest BCUT2D eigenvalue weighted by Crippen LogP contribution is 2.28. The van der Waals surface area contributed by atoms with Crippen molar-refractivity contribution in [3.8, 4) is 0 Å². The van der Waals surface area contributed by atoms with Crippen LogP contribution in [0, 0.1) is 5.82 Å². The fourth-order valence-electron chi connectivity index (χ4n) is 1.97. The van der Waals surface area contributed by atoms with E-state index in [0.29, 0.717) is 10.7 Å². The summed E-state index contributed by atoms with van der Waals surface area (Å²) in [6, 6.07) is 9.26. The largest absolute Gasteiger partial charge is 0.478 e. The number of nitrogens with two attached hydrogens (primary N) is 1. The first-order chi connectivity index (χ1) is 9.88. The lowest BCUT2D eigenvalue weighted by Gasteiger charge is -2.18. The van der Waals surface area contributed by atoms with Crippen LogP contribution in [-0.2, 0) is 0 Å². The van der Waals surface area contributed by atoms with E-state index in [2.05, 4.69) is 5.32 Å². The molecule has 0 bridgehead atoms. The summed E-state index contributed by atoms with van der Waals surface area (Å²) in [6.45, 7) is 1.87. The summed E-state index contributed by atoms with van der Waals surface area (Å²) >= 11 is 5.93. The third-order valence-corrected chi connectivity index (χ3v) is 3.33. The van der Waals surface area contributed by atoms with Gasteiger partial charge in [0.15, 0.2) is 0 Å². The highest BCUT2D eigenvalue weighted by molar-refractivity contribution is 6.30. The van der Waals surface area contributed by atoms with Gasteiger partial charge < -0.3 is 16.2 Å². The fourth-order valence-corrected chi connectivity index (χ4v) is 2.17. The van der Waals surface area contributed by atoms with Gasteiger partial charge in [-0.3, -0.25) is 0 Å². The molecule has 110 valence electrons. The number of anilines is 2. The van der Waals surface area contributed by atoms with Crippen molar-refractivity contribution in [2.24, 2.45) is 0 Å². The Hall–Kier alpha value is -2.27. The predicted octanol–water partition coefficient (Wildman–Crippen LogP) is 3.93. The van der Waals surface area contributed by atoms with E-state index in [-0.39, 0.29) is 11.7 Å². The summed E-state index contributed by atoms with van der Waals surface area (Å²) in [7, 11) is 0. The average Bonchev–Trinajstić information content (AvgIpc) is 2.42. The first-order valence-electron chi connectivity index (χ1n) is 6.23. The molecule has 0 aliphatic carbocycles. The average molecular weight is 309 g/mol. The van der Waals surface area contributed by atoms with Crippen LogP contribution in [-0.4, -0.2) is 11.1 Å². The Balaban J connectivity index is 2.27. The minimum absolute atomic E-state index is 0.166. The number of nitrogen functional groups attached to an aromatic ring is 1. The molecule has 2 aromatic carbocycles. The maximum atomic E-state index is 13.7. The Morgan fingerprint density at radius 2 is 2.10 bits per heavy atom. The van der Waals surface area contributed by atoms with Crippen LogP contribution in [0.3, 0.4) is 0 Å². The van der Waals surface area contributed by atoms with Crippen LogP contribution in [0.1, 0.15) is 28.9 Å². The van der Waals surface area contributed by atoms with E-state index >= 15 is 0 Å². The lowest BCUT2D eigenvalue weighted by atomic mass is 10.1. The highest BCUT2D eigenvalue weighted by atomic mass is 35.5. The zero-order chi connectivity index (χ0) is 15.6. The van der Waals surface area contributed by atoms with Gasteiger partial charge in [0.1, 0.15) is 5.82 Å². The van der Waals surface area contributed by atoms with E-state index in [0.717, 1.165) is 17.7 Å². The summed E-state index contributed by atoms with van der Waals surface area (Å²) in [5.74, 6) is -2.19. The number of carboxylic acid groups (broad SMARTS) is 1. The van der Waals surface area contributed by atoms with Gasteiger partial charge in [-0.1, -0.05) is 23.7 Å². The molecule has 2 rings (SSSR count). The molecule has 0 fully saturated rings. The molecule has 6 heteroatoms. The van der Waals surface area contributed by atoms with Gasteiger partial charge in [0.05, 0.1) is 16.9 Å². The molecule has 0 aromatic heterocycles. The highest BCUT2D eigenvalue weighted by Gasteiger charge is 2.15. The Morgan fingerprint density at radius 3 is 2.71 bits per heavy atom. The second kappa shape index (κ2) is 6.01. The number of nitrogens with one attached hydrogen (secondary N) is 1. The lowest BCUT2D eigenvalue weighted by Crippen LogP contribution is -2.10. The molecule has 1 unspecified atom stereocenters. The Morgan fingerprint density at radius 1 is 1.38 bits per heavy atom. The van der Waals surface area contributed by atoms with Crippen LogP contribution in [0.2, 0.25) is 5.02 Å². The van der Waals surface area contributed by atoms with Gasteiger partial charge in [-0.25, -0.2) is 9.18 Å². The molecule has 4 N–H and O–H groups in total. The molecule has 0 saturated heterocycles. The normalized spacial score (nSPS) is 12.0. The molecule has 0 radical (unpaired) electrons. The van der Waals surface area contributed by atoms with E-state index < -0.39 is 17.3 Å². The molecular formula is C15H14ClFN2O2. The van der Waals surface area contributed by atoms with E-state index in [1.54, 1.807) is 12.1 Å². The van der Waals surface area contributed by atoms with Crippen molar-refractivity contribution >= 4 is 28.9 Å². The van der Waals surface area contributed by atoms with Gasteiger partial charge in [-0.2, -0.15) is 0 Å². The zero-order valence-electron chi connectivity index (χ0n) is 11.2. The number of benzene rings is 2. The molecule has 21 heavy (non-hydrogen) atoms. The smallest absolute Gasteiger partial charge is 0.338 e. The topological polar surface area (TPSA) is 75.3 Å². The van der Waals surface area contributed by atoms with Crippen LogP contribution in [0.4, 0.5) is 15.8 Å². The maximum Gasteiger partial charge on any atom is 0.338 e. The number of hydrogen-bond donors (Lipinski definition) is 3. The third-order valence-electron chi connectivity index (χ3n) is 3.09. The van der Waals surface area contributed by atoms with Crippen molar-refractivity contribution in [3.05, 3.63) is 58.4 Å². The second-order valence-corrected chi connectivity index (χ2v) is 5.08. The van der Waals surface area contributed by atoms with Crippen molar-refractivity contribution in [1.29, 1.82) is 0 Å². The number of carboxylic acids is 1. The molecule has 0 aliphatic rings. The van der Waals surface area contributed by atoms with Gasteiger partial charge in [-0.15, -0.1) is 0 Å². The van der Waals surface area contributed by atoms with Crippen molar-refractivity contribution in [1.82, 2.24) is 0 Å². The van der Waals surface area contributed by atoms with Gasteiger partial charge in [0.2, 0.25) is 0 Å². The van der Waals surface area contributed by atoms with Gasteiger partial charge >= 0.3 is 5.97 Å². The molecule has 0 spiro atoms. The third kappa shape index (κ3) is 3.44. The summed E-state index contributed by atoms with van der Waals surface area (Å²) in [6.07, 6.45) is 0. The summed E-state index contributed by atoms with van der Waals surface area (Å²) in [4.78, 5) is 10.8. The number of halogens is 2. The van der Waals surface area contributed by atoms with E-state index in [9.17, 15) is 9.18 Å². The summed E-state index contributed by atoms with van der Waals surface area (Å²) < 4.78 is 13.7. The Kier molecular flexibility index (Phi) is 4.33. The molecule has 0 heterocycles. The summed E-state index contributed by atoms with van der Waals surface area (Å²) in [5.41, 5.74) is 6.73. The number of aromatic carboxylic acids is 1. The van der Waals surface area contributed by atoms with E-state index in [1.807, 2.05) is 19.1 Å². The molecular weight excluding hydrogens is 295 g/mol. The van der Waals surface area contributed by atoms with Crippen molar-refractivity contribution in [2.45, 2.75) is 13.0 Å². The number of carbonyl (C=O) groups is 1. The maximum absolute atomic E-state index is 13.7. The molecule has 2 aromatic rings. The second-order valence-electron chi connectivity index (χ2n) is 4.65.